The van der Waals surface area contributed by atoms with Crippen LogP contribution in [-0.2, 0) is 21.4 Å². The number of carboxylic acid groups (broad SMARTS) is 1. The summed E-state index contributed by atoms with van der Waals surface area (Å²) in [7, 11) is 4.38. The van der Waals surface area contributed by atoms with Crippen molar-refractivity contribution >= 4 is 29.4 Å². The number of hydrogen-bond donors (Lipinski definition) is 2. The minimum absolute atomic E-state index is 0.00565. The summed E-state index contributed by atoms with van der Waals surface area (Å²) in [6.07, 6.45) is 3.00. The zero-order valence-electron chi connectivity index (χ0n) is 32.1. The van der Waals surface area contributed by atoms with E-state index in [0.29, 0.717) is 41.4 Å². The third kappa shape index (κ3) is 8.98. The highest BCUT2D eigenvalue weighted by molar-refractivity contribution is 6.21. The van der Waals surface area contributed by atoms with Crippen LogP contribution in [0.15, 0.2) is 109 Å². The molecule has 55 heavy (non-hydrogen) atoms. The highest BCUT2D eigenvalue weighted by Gasteiger charge is 2.49. The Labute approximate surface area is 324 Å². The Hall–Kier alpha value is -5.32. The van der Waals surface area contributed by atoms with E-state index in [1.807, 2.05) is 60.7 Å². The molecule has 0 aromatic heterocycles. The predicted octanol–water partition coefficient (Wildman–Crippen LogP) is 5.46. The maximum absolute atomic E-state index is 13.6. The van der Waals surface area contributed by atoms with Gasteiger partial charge in [-0.25, -0.2) is 0 Å². The van der Waals surface area contributed by atoms with Crippen LogP contribution < -0.4 is 10.6 Å². The van der Waals surface area contributed by atoms with Crippen LogP contribution >= 0.6 is 0 Å². The van der Waals surface area contributed by atoms with Crippen LogP contribution in [0.5, 0.6) is 0 Å². The van der Waals surface area contributed by atoms with E-state index in [2.05, 4.69) is 48.2 Å². The number of likely N-dealkylation sites (tertiary alicyclic amines) is 1. The Morgan fingerprint density at radius 2 is 1.36 bits per heavy atom. The molecule has 2 aliphatic rings. The summed E-state index contributed by atoms with van der Waals surface area (Å²) in [5.74, 6) is -1.53. The molecule has 1 atom stereocenters. The van der Waals surface area contributed by atoms with E-state index in [0.717, 1.165) is 74.6 Å². The fraction of sp³-hybridized carbons (Fsp3) is 0.378. The molecule has 4 aromatic rings. The molecule has 10 heteroatoms. The minimum atomic E-state index is -0.942. The molecule has 3 amide bonds. The average Bonchev–Trinajstić information content (AvgIpc) is 3.75. The van der Waals surface area contributed by atoms with Crippen LogP contribution in [-0.4, -0.2) is 110 Å². The number of carboxylic acids is 1. The SMILES string of the molecule is C[N+](C)(CCCN1C(=O)c2ccccc2C1=O)CCN(CCN1CCC(C(C(N)=O)(c2ccccc2)c2ccccc2)C1)c1ccc(CCCC(=O)O)cc1. The van der Waals surface area contributed by atoms with Crippen molar-refractivity contribution in [3.05, 3.63) is 137 Å². The van der Waals surface area contributed by atoms with Crippen LogP contribution in [0.1, 0.15) is 63.1 Å². The summed E-state index contributed by atoms with van der Waals surface area (Å²) < 4.78 is 0.716. The lowest BCUT2D eigenvalue weighted by Crippen LogP contribution is -2.49. The number of carbonyl (C=O) groups is 4. The molecule has 4 aromatic carbocycles. The van der Waals surface area contributed by atoms with Crippen molar-refractivity contribution in [2.75, 3.05) is 71.4 Å². The maximum Gasteiger partial charge on any atom is 0.303 e. The number of fused-ring (bicyclic) bond motifs is 1. The van der Waals surface area contributed by atoms with Gasteiger partial charge in [0.25, 0.3) is 11.8 Å². The highest BCUT2D eigenvalue weighted by Crippen LogP contribution is 2.43. The van der Waals surface area contributed by atoms with Crippen molar-refractivity contribution in [1.29, 1.82) is 0 Å². The fourth-order valence-electron chi connectivity index (χ4n) is 8.47. The Balaban J connectivity index is 1.13. The lowest BCUT2D eigenvalue weighted by molar-refractivity contribution is -0.889. The molecule has 1 saturated heterocycles. The van der Waals surface area contributed by atoms with E-state index in [1.165, 1.54) is 4.90 Å². The van der Waals surface area contributed by atoms with Gasteiger partial charge in [-0.05, 0) is 72.7 Å². The molecule has 0 saturated carbocycles. The van der Waals surface area contributed by atoms with Crippen molar-refractivity contribution < 1.29 is 28.8 Å². The van der Waals surface area contributed by atoms with Crippen molar-refractivity contribution in [3.63, 3.8) is 0 Å². The first-order chi connectivity index (χ1) is 26.5. The summed E-state index contributed by atoms with van der Waals surface area (Å²) in [6, 6.07) is 35.4. The van der Waals surface area contributed by atoms with Gasteiger partial charge in [-0.15, -0.1) is 0 Å². The van der Waals surface area contributed by atoms with Crippen LogP contribution in [0, 0.1) is 5.92 Å². The molecule has 1 fully saturated rings. The largest absolute Gasteiger partial charge is 0.481 e. The van der Waals surface area contributed by atoms with Gasteiger partial charge in [0, 0.05) is 44.7 Å². The molecule has 6 rings (SSSR count). The molecule has 10 nitrogen and oxygen atoms in total. The molecule has 0 bridgehead atoms. The summed E-state index contributed by atoms with van der Waals surface area (Å²) >= 11 is 0. The molecule has 288 valence electrons. The maximum atomic E-state index is 13.6. The van der Waals surface area contributed by atoms with Crippen LogP contribution in [0.3, 0.4) is 0 Å². The van der Waals surface area contributed by atoms with Crippen molar-refractivity contribution in [3.8, 4) is 0 Å². The van der Waals surface area contributed by atoms with Crippen molar-refractivity contribution in [2.24, 2.45) is 11.7 Å². The molecule has 0 radical (unpaired) electrons. The number of amides is 3. The topological polar surface area (TPSA) is 124 Å². The highest BCUT2D eigenvalue weighted by atomic mass is 16.4. The number of nitrogens with zero attached hydrogens (tertiary/aromatic N) is 4. The van der Waals surface area contributed by atoms with Gasteiger partial charge < -0.3 is 25.1 Å². The average molecular weight is 745 g/mol. The number of quaternary nitrogens is 1. The van der Waals surface area contributed by atoms with Gasteiger partial charge in [-0.2, -0.15) is 0 Å². The summed E-state index contributed by atoms with van der Waals surface area (Å²) in [6.45, 7) is 5.99. The van der Waals surface area contributed by atoms with Crippen molar-refractivity contribution in [2.45, 2.75) is 37.5 Å². The second-order valence-corrected chi connectivity index (χ2v) is 15.6. The van der Waals surface area contributed by atoms with E-state index in [-0.39, 0.29) is 30.1 Å². The Morgan fingerprint density at radius 1 is 0.782 bits per heavy atom. The summed E-state index contributed by atoms with van der Waals surface area (Å²) in [5.41, 5.74) is 10.5. The van der Waals surface area contributed by atoms with Crippen LogP contribution in [0.2, 0.25) is 0 Å². The Morgan fingerprint density at radius 3 is 1.93 bits per heavy atom. The monoisotopic (exact) mass is 744 g/mol. The first kappa shape index (κ1) is 39.4. The fourth-order valence-corrected chi connectivity index (χ4v) is 8.47. The number of nitrogens with two attached hydrogens (primary N) is 1. The number of anilines is 1. The number of carbonyl (C=O) groups excluding carboxylic acids is 3. The summed E-state index contributed by atoms with van der Waals surface area (Å²) in [4.78, 5) is 56.8. The quantitative estimate of drug-likeness (QED) is 0.0967. The third-order valence-corrected chi connectivity index (χ3v) is 11.6. The second kappa shape index (κ2) is 17.4. The molecular weight excluding hydrogens is 691 g/mol. The first-order valence-corrected chi connectivity index (χ1v) is 19.5. The van der Waals surface area contributed by atoms with Gasteiger partial charge in [0.15, 0.2) is 0 Å². The number of benzene rings is 4. The zero-order chi connectivity index (χ0) is 39.0. The van der Waals surface area contributed by atoms with E-state index >= 15 is 0 Å². The van der Waals surface area contributed by atoms with Crippen LogP contribution in [0.25, 0.3) is 0 Å². The van der Waals surface area contributed by atoms with Gasteiger partial charge in [0.1, 0.15) is 5.41 Å². The number of rotatable bonds is 19. The summed E-state index contributed by atoms with van der Waals surface area (Å²) in [5, 5.41) is 9.09. The normalized spacial score (nSPS) is 16.0. The van der Waals surface area contributed by atoms with Gasteiger partial charge >= 0.3 is 5.97 Å². The van der Waals surface area contributed by atoms with Gasteiger partial charge in [-0.1, -0.05) is 84.9 Å². The molecular formula is C45H54N5O5+. The van der Waals surface area contributed by atoms with E-state index in [4.69, 9.17) is 10.8 Å². The number of aliphatic carboxylic acids is 1. The minimum Gasteiger partial charge on any atom is -0.481 e. The Kier molecular flexibility index (Phi) is 12.5. The number of aryl methyl sites for hydroxylation is 1. The van der Waals surface area contributed by atoms with Crippen LogP contribution in [0.4, 0.5) is 5.69 Å². The van der Waals surface area contributed by atoms with E-state index in [1.54, 1.807) is 24.3 Å². The van der Waals surface area contributed by atoms with Crippen molar-refractivity contribution in [1.82, 2.24) is 9.80 Å². The molecule has 0 spiro atoms. The molecule has 2 heterocycles. The van der Waals surface area contributed by atoms with Gasteiger partial charge in [0.2, 0.25) is 5.91 Å². The third-order valence-electron chi connectivity index (χ3n) is 11.6. The van der Waals surface area contributed by atoms with Gasteiger partial charge in [-0.3, -0.25) is 24.1 Å². The van der Waals surface area contributed by atoms with Gasteiger partial charge in [0.05, 0.1) is 44.9 Å². The lowest BCUT2D eigenvalue weighted by Gasteiger charge is -2.38. The Bertz CT molecular complexity index is 1870. The number of primary amides is 1. The zero-order valence-corrected chi connectivity index (χ0v) is 32.1. The standard InChI is InChI=1S/C45H53N5O5/c1-50(2,31-12-26-49-42(53)39-18-9-10-19-40(39)43(49)54)32-30-48(38-23-21-34(22-24-38)13-11-20-41(51)52)29-28-47-27-25-37(33-47)45(44(46)55,35-14-5-3-6-15-35)36-16-7-4-8-17-36/h3-10,14-19,21-24,37H,11-13,20,25-33H2,1-2H3,(H2-,46,51,52,55)/p+1. The first-order valence-electron chi connectivity index (χ1n) is 19.5. The number of imide groups is 1. The molecule has 0 aliphatic carbocycles. The molecule has 1 unspecified atom stereocenters. The van der Waals surface area contributed by atoms with E-state index < -0.39 is 11.4 Å². The molecule has 3 N–H and O–H groups in total. The number of hydrogen-bond acceptors (Lipinski definition) is 6. The second-order valence-electron chi connectivity index (χ2n) is 15.6. The van der Waals surface area contributed by atoms with E-state index in [9.17, 15) is 19.2 Å². The predicted molar refractivity (Wildman–Crippen MR) is 215 cm³/mol. The molecule has 2 aliphatic heterocycles. The lowest BCUT2D eigenvalue weighted by atomic mass is 9.64. The smallest absolute Gasteiger partial charge is 0.303 e. The number of likely N-dealkylation sites (N-methyl/N-ethyl adjacent to an activating group) is 1.